The Labute approximate surface area is 270 Å². The van der Waals surface area contributed by atoms with Crippen molar-refractivity contribution < 1.29 is 0 Å². The van der Waals surface area contributed by atoms with Crippen molar-refractivity contribution in [2.24, 2.45) is 9.98 Å². The average molecular weight is 593 g/mol. The number of benzene rings is 3. The molecule has 0 fully saturated rings. The van der Waals surface area contributed by atoms with Crippen LogP contribution in [0.2, 0.25) is 0 Å². The fourth-order valence-corrected chi connectivity index (χ4v) is 6.34. The van der Waals surface area contributed by atoms with Crippen LogP contribution in [0.3, 0.4) is 0 Å². The van der Waals surface area contributed by atoms with Gasteiger partial charge in [-0.1, -0.05) is 117 Å². The first kappa shape index (κ1) is 35.5. The molecule has 0 aromatic heterocycles. The number of aryl methyl sites for hydroxylation is 3. The number of rotatable bonds is 20. The number of hydrogen-bond donors (Lipinski definition) is 0. The highest BCUT2D eigenvalue weighted by atomic mass is 14.8. The Balaban J connectivity index is 1.93. The van der Waals surface area contributed by atoms with Crippen LogP contribution in [0.5, 0.6) is 0 Å². The highest BCUT2D eigenvalue weighted by Crippen LogP contribution is 2.33. The maximum absolute atomic E-state index is 5.19. The number of unbranched alkanes of at least 4 members (excludes halogenated alkanes) is 7. The molecule has 0 unspecified atom stereocenters. The topological polar surface area (TPSA) is 24.7 Å². The fraction of sp³-hybridized carbons (Fsp3) is 0.524. The normalized spacial score (nSPS) is 12.0. The van der Waals surface area contributed by atoms with Crippen LogP contribution in [0.25, 0.3) is 11.1 Å². The van der Waals surface area contributed by atoms with Gasteiger partial charge >= 0.3 is 0 Å². The van der Waals surface area contributed by atoms with E-state index in [0.717, 1.165) is 49.2 Å². The zero-order chi connectivity index (χ0) is 31.6. The molecule has 0 N–H and O–H groups in total. The quantitative estimate of drug-likeness (QED) is 0.0921. The summed E-state index contributed by atoms with van der Waals surface area (Å²) in [7, 11) is 0. The lowest BCUT2D eigenvalue weighted by Gasteiger charge is -2.16. The standard InChI is InChI=1S/C42H60N2/c1-7-13-16-17-18-22-27-41-33(10-4)28-38(29-36(41)24-15-9-3)43-32-37(11-5)44-39-30-35(23-14-8-2)40(12-6)42(31-39)34-25-20-19-21-26-34/h19-21,25-26,28-32H,7-18,22-24,27H2,1-6H3. The van der Waals surface area contributed by atoms with Gasteiger partial charge in [0.1, 0.15) is 0 Å². The molecule has 0 aliphatic carbocycles. The van der Waals surface area contributed by atoms with E-state index in [1.807, 2.05) is 6.21 Å². The molecule has 0 saturated heterocycles. The zero-order valence-corrected chi connectivity index (χ0v) is 29.0. The third-order valence-corrected chi connectivity index (χ3v) is 8.94. The van der Waals surface area contributed by atoms with Gasteiger partial charge in [-0.25, -0.2) is 0 Å². The van der Waals surface area contributed by atoms with Crippen molar-refractivity contribution >= 4 is 23.3 Å². The van der Waals surface area contributed by atoms with Gasteiger partial charge in [0, 0.05) is 6.21 Å². The van der Waals surface area contributed by atoms with Gasteiger partial charge in [-0.3, -0.25) is 9.98 Å². The maximum Gasteiger partial charge on any atom is 0.0642 e. The van der Waals surface area contributed by atoms with Crippen molar-refractivity contribution in [3.8, 4) is 11.1 Å². The van der Waals surface area contributed by atoms with Gasteiger partial charge in [-0.15, -0.1) is 0 Å². The van der Waals surface area contributed by atoms with Gasteiger partial charge in [0.25, 0.3) is 0 Å². The van der Waals surface area contributed by atoms with E-state index in [9.17, 15) is 0 Å². The Morgan fingerprint density at radius 3 is 1.82 bits per heavy atom. The minimum absolute atomic E-state index is 0.851. The first-order valence-corrected chi connectivity index (χ1v) is 18.1. The predicted molar refractivity (Wildman–Crippen MR) is 197 cm³/mol. The highest BCUT2D eigenvalue weighted by molar-refractivity contribution is 6.31. The van der Waals surface area contributed by atoms with Gasteiger partial charge in [-0.05, 0) is 121 Å². The Kier molecular flexibility index (Phi) is 16.2. The van der Waals surface area contributed by atoms with Crippen molar-refractivity contribution in [3.63, 3.8) is 0 Å². The van der Waals surface area contributed by atoms with Crippen molar-refractivity contribution in [1.29, 1.82) is 0 Å². The third kappa shape index (κ3) is 10.9. The summed E-state index contributed by atoms with van der Waals surface area (Å²) in [5.41, 5.74) is 13.3. The molecule has 44 heavy (non-hydrogen) atoms. The van der Waals surface area contributed by atoms with Crippen LogP contribution in [0, 0.1) is 0 Å². The Bertz CT molecular complexity index is 1320. The smallest absolute Gasteiger partial charge is 0.0642 e. The molecule has 0 aliphatic rings. The van der Waals surface area contributed by atoms with Crippen LogP contribution in [0.15, 0.2) is 64.6 Å². The summed E-state index contributed by atoms with van der Waals surface area (Å²) < 4.78 is 0. The Morgan fingerprint density at radius 2 is 1.18 bits per heavy atom. The fourth-order valence-electron chi connectivity index (χ4n) is 6.34. The summed E-state index contributed by atoms with van der Waals surface area (Å²) in [6, 6.07) is 20.2. The van der Waals surface area contributed by atoms with Crippen LogP contribution >= 0.6 is 0 Å². The molecule has 0 heterocycles. The number of aliphatic imine (C=N–C) groups is 2. The molecule has 2 nitrogen and oxygen atoms in total. The first-order chi connectivity index (χ1) is 21.6. The summed E-state index contributed by atoms with van der Waals surface area (Å²) in [4.78, 5) is 10.2. The SMILES string of the molecule is CCCCCCCCc1c(CC)cc(N=CC(CC)=Nc2cc(CCCC)c(CC)c(-c3ccccc3)c2)cc1CCCC. The van der Waals surface area contributed by atoms with E-state index in [0.29, 0.717) is 0 Å². The number of hydrogen-bond acceptors (Lipinski definition) is 2. The van der Waals surface area contributed by atoms with E-state index < -0.39 is 0 Å². The van der Waals surface area contributed by atoms with Gasteiger partial charge in [0.15, 0.2) is 0 Å². The van der Waals surface area contributed by atoms with E-state index in [4.69, 9.17) is 9.98 Å². The molecule has 2 heteroatoms. The number of nitrogens with zero attached hydrogens (tertiary/aromatic N) is 2. The zero-order valence-electron chi connectivity index (χ0n) is 29.0. The van der Waals surface area contributed by atoms with Crippen molar-refractivity contribution in [1.82, 2.24) is 0 Å². The molecule has 0 spiro atoms. The van der Waals surface area contributed by atoms with E-state index >= 15 is 0 Å². The van der Waals surface area contributed by atoms with E-state index in [2.05, 4.69) is 96.1 Å². The minimum Gasteiger partial charge on any atom is -0.255 e. The third-order valence-electron chi connectivity index (χ3n) is 8.94. The van der Waals surface area contributed by atoms with E-state index in [1.54, 1.807) is 5.56 Å². The van der Waals surface area contributed by atoms with Gasteiger partial charge < -0.3 is 0 Å². The molecule has 0 amide bonds. The van der Waals surface area contributed by atoms with Crippen molar-refractivity contribution in [2.45, 2.75) is 144 Å². The van der Waals surface area contributed by atoms with Crippen LogP contribution < -0.4 is 0 Å². The van der Waals surface area contributed by atoms with E-state index in [-0.39, 0.29) is 0 Å². The Morgan fingerprint density at radius 1 is 0.568 bits per heavy atom. The maximum atomic E-state index is 5.19. The van der Waals surface area contributed by atoms with Crippen LogP contribution in [-0.2, 0) is 32.1 Å². The highest BCUT2D eigenvalue weighted by Gasteiger charge is 2.13. The summed E-state index contributed by atoms with van der Waals surface area (Å²) in [6.45, 7) is 13.6. The predicted octanol–water partition coefficient (Wildman–Crippen LogP) is 13.0. The second kappa shape index (κ2) is 20.1. The minimum atomic E-state index is 0.851. The second-order valence-corrected chi connectivity index (χ2v) is 12.4. The molecule has 0 bridgehead atoms. The van der Waals surface area contributed by atoms with Crippen molar-refractivity contribution in [2.75, 3.05) is 0 Å². The van der Waals surface area contributed by atoms with Gasteiger partial charge in [0.2, 0.25) is 0 Å². The largest absolute Gasteiger partial charge is 0.255 e. The molecule has 3 aromatic rings. The second-order valence-electron chi connectivity index (χ2n) is 12.4. The van der Waals surface area contributed by atoms with Gasteiger partial charge in [-0.2, -0.15) is 0 Å². The molecule has 0 radical (unpaired) electrons. The lowest BCUT2D eigenvalue weighted by molar-refractivity contribution is 0.605. The summed E-state index contributed by atoms with van der Waals surface area (Å²) in [6.07, 6.45) is 21.4. The molecule has 0 saturated carbocycles. The summed E-state index contributed by atoms with van der Waals surface area (Å²) in [5, 5.41) is 0. The summed E-state index contributed by atoms with van der Waals surface area (Å²) in [5.74, 6) is 0. The van der Waals surface area contributed by atoms with E-state index in [1.165, 1.54) is 104 Å². The van der Waals surface area contributed by atoms with Gasteiger partial charge in [0.05, 0.1) is 17.1 Å². The summed E-state index contributed by atoms with van der Waals surface area (Å²) >= 11 is 0. The molecular weight excluding hydrogens is 532 g/mol. The Hall–Kier alpha value is -3.00. The van der Waals surface area contributed by atoms with Crippen molar-refractivity contribution in [3.05, 3.63) is 82.4 Å². The first-order valence-electron chi connectivity index (χ1n) is 18.1. The molecule has 238 valence electrons. The molecule has 0 aliphatic heterocycles. The molecule has 3 rings (SSSR count). The molecule has 0 atom stereocenters. The monoisotopic (exact) mass is 592 g/mol. The van der Waals surface area contributed by atoms with Crippen LogP contribution in [0.4, 0.5) is 11.4 Å². The average Bonchev–Trinajstić information content (AvgIpc) is 3.06. The molecule has 3 aromatic carbocycles. The molecular formula is C42H60N2. The lowest BCUT2D eigenvalue weighted by atomic mass is 9.90. The lowest BCUT2D eigenvalue weighted by Crippen LogP contribution is -2.02. The van der Waals surface area contributed by atoms with Crippen LogP contribution in [-0.4, -0.2) is 11.9 Å². The van der Waals surface area contributed by atoms with Crippen LogP contribution in [0.1, 0.15) is 140 Å².